The first-order valence-electron chi connectivity index (χ1n) is 8.36. The van der Waals surface area contributed by atoms with E-state index >= 15 is 0 Å². The van der Waals surface area contributed by atoms with E-state index in [0.29, 0.717) is 6.04 Å². The second kappa shape index (κ2) is 6.54. The first-order chi connectivity index (χ1) is 11.9. The van der Waals surface area contributed by atoms with Crippen LogP contribution in [0.25, 0.3) is 10.8 Å². The van der Waals surface area contributed by atoms with E-state index < -0.39 is 0 Å². The maximum Gasteiger partial charge on any atom is 0.124 e. The Kier molecular flexibility index (Phi) is 4.09. The third-order valence-electron chi connectivity index (χ3n) is 4.70. The Hall–Kier alpha value is -2.52. The van der Waals surface area contributed by atoms with Gasteiger partial charge in [0.1, 0.15) is 11.5 Å². The first kappa shape index (κ1) is 15.0. The molecule has 1 N–H and O–H groups in total. The van der Waals surface area contributed by atoms with Gasteiger partial charge in [0.05, 0.1) is 13.7 Å². The first-order valence-corrected chi connectivity index (χ1v) is 8.36. The summed E-state index contributed by atoms with van der Waals surface area (Å²) in [5.41, 5.74) is 2.45. The third-order valence-corrected chi connectivity index (χ3v) is 4.70. The van der Waals surface area contributed by atoms with Crippen molar-refractivity contribution in [1.29, 1.82) is 0 Å². The Bertz CT molecular complexity index is 859. The third kappa shape index (κ3) is 2.72. The predicted octanol–water partition coefficient (Wildman–Crippen LogP) is 4.46. The van der Waals surface area contributed by atoms with Gasteiger partial charge in [0.2, 0.25) is 0 Å². The molecule has 0 radical (unpaired) electrons. The summed E-state index contributed by atoms with van der Waals surface area (Å²) in [6.45, 7) is 1.52. The molecular formula is C21H21NO2. The molecule has 3 heteroatoms. The molecule has 0 spiro atoms. The zero-order valence-electron chi connectivity index (χ0n) is 13.8. The maximum absolute atomic E-state index is 5.76. The molecule has 122 valence electrons. The van der Waals surface area contributed by atoms with Crippen molar-refractivity contribution < 1.29 is 9.47 Å². The van der Waals surface area contributed by atoms with E-state index in [1.165, 1.54) is 21.9 Å². The van der Waals surface area contributed by atoms with E-state index in [0.717, 1.165) is 31.1 Å². The van der Waals surface area contributed by atoms with Gasteiger partial charge in [-0.25, -0.2) is 0 Å². The summed E-state index contributed by atoms with van der Waals surface area (Å²) in [6.07, 6.45) is 0.976. The Labute approximate surface area is 142 Å². The van der Waals surface area contributed by atoms with Crippen LogP contribution in [0, 0.1) is 0 Å². The van der Waals surface area contributed by atoms with Crippen LogP contribution in [0.1, 0.15) is 23.6 Å². The second-order valence-electron chi connectivity index (χ2n) is 6.08. The van der Waals surface area contributed by atoms with E-state index in [4.69, 9.17) is 9.47 Å². The Morgan fingerprint density at radius 1 is 1.04 bits per heavy atom. The minimum Gasteiger partial charge on any atom is -0.496 e. The molecule has 0 amide bonds. The van der Waals surface area contributed by atoms with Gasteiger partial charge in [-0.2, -0.15) is 0 Å². The summed E-state index contributed by atoms with van der Waals surface area (Å²) in [5.74, 6) is 1.92. The zero-order valence-corrected chi connectivity index (χ0v) is 13.8. The highest BCUT2D eigenvalue weighted by Gasteiger charge is 2.21. The molecule has 4 rings (SSSR count). The molecule has 24 heavy (non-hydrogen) atoms. The number of fused-ring (bicyclic) bond motifs is 2. The van der Waals surface area contributed by atoms with Crippen LogP contribution < -0.4 is 14.8 Å². The number of rotatable bonds is 4. The van der Waals surface area contributed by atoms with Crippen LogP contribution in [0.3, 0.4) is 0 Å². The van der Waals surface area contributed by atoms with Gasteiger partial charge < -0.3 is 14.8 Å². The van der Waals surface area contributed by atoms with Crippen molar-refractivity contribution in [2.45, 2.75) is 19.0 Å². The fourth-order valence-electron chi connectivity index (χ4n) is 3.47. The Morgan fingerprint density at radius 2 is 1.88 bits per heavy atom. The lowest BCUT2D eigenvalue weighted by molar-refractivity contribution is 0.252. The molecule has 0 bridgehead atoms. The van der Waals surface area contributed by atoms with E-state index in [9.17, 15) is 0 Å². The lowest BCUT2D eigenvalue weighted by Crippen LogP contribution is -2.27. The van der Waals surface area contributed by atoms with Gasteiger partial charge in [0.15, 0.2) is 0 Å². The summed E-state index contributed by atoms with van der Waals surface area (Å²) in [4.78, 5) is 0. The molecule has 1 heterocycles. The lowest BCUT2D eigenvalue weighted by atomic mass is 9.99. The van der Waals surface area contributed by atoms with Gasteiger partial charge in [0, 0.05) is 30.1 Å². The number of benzene rings is 3. The summed E-state index contributed by atoms with van der Waals surface area (Å²) < 4.78 is 11.4. The number of hydrogen-bond donors (Lipinski definition) is 1. The second-order valence-corrected chi connectivity index (χ2v) is 6.08. The van der Waals surface area contributed by atoms with Crippen molar-refractivity contribution >= 4 is 10.8 Å². The molecule has 1 aliphatic rings. The molecule has 0 fully saturated rings. The Morgan fingerprint density at radius 3 is 2.79 bits per heavy atom. The Balaban J connectivity index is 1.64. The molecule has 3 aromatic rings. The number of para-hydroxylation sites is 1. The van der Waals surface area contributed by atoms with Crippen LogP contribution in [-0.4, -0.2) is 13.7 Å². The van der Waals surface area contributed by atoms with Gasteiger partial charge in [-0.15, -0.1) is 0 Å². The summed E-state index contributed by atoms with van der Waals surface area (Å²) in [6, 6.07) is 21.2. The van der Waals surface area contributed by atoms with E-state index in [1.807, 2.05) is 12.1 Å². The van der Waals surface area contributed by atoms with Crippen LogP contribution in [0.2, 0.25) is 0 Å². The van der Waals surface area contributed by atoms with Crippen molar-refractivity contribution in [3.05, 3.63) is 71.8 Å². The van der Waals surface area contributed by atoms with Gasteiger partial charge in [0.25, 0.3) is 0 Å². The van der Waals surface area contributed by atoms with E-state index in [-0.39, 0.29) is 0 Å². The topological polar surface area (TPSA) is 30.5 Å². The molecule has 1 aliphatic heterocycles. The van der Waals surface area contributed by atoms with Crippen LogP contribution in [-0.2, 0) is 6.54 Å². The predicted molar refractivity (Wildman–Crippen MR) is 96.6 cm³/mol. The lowest BCUT2D eigenvalue weighted by Gasteiger charge is -2.27. The number of hydrogen-bond acceptors (Lipinski definition) is 3. The summed E-state index contributed by atoms with van der Waals surface area (Å²) in [7, 11) is 1.73. The average Bonchev–Trinajstić information content (AvgIpc) is 2.66. The molecule has 0 unspecified atom stereocenters. The van der Waals surface area contributed by atoms with Gasteiger partial charge >= 0.3 is 0 Å². The zero-order chi connectivity index (χ0) is 16.4. The van der Waals surface area contributed by atoms with Crippen LogP contribution in [0.5, 0.6) is 11.5 Å². The molecular weight excluding hydrogens is 298 g/mol. The van der Waals surface area contributed by atoms with E-state index in [1.54, 1.807) is 7.11 Å². The van der Waals surface area contributed by atoms with Gasteiger partial charge in [-0.1, -0.05) is 48.5 Å². The smallest absolute Gasteiger partial charge is 0.124 e. The standard InChI is InChI=1S/C21H21NO2/c1-23-20-11-10-15-6-2-3-7-16(15)18(20)14-22-19-12-13-24-21-9-5-4-8-17(19)21/h2-11,19,22H,12-14H2,1H3/t19-/m1/s1. The molecule has 0 saturated carbocycles. The minimum atomic E-state index is 0.304. The summed E-state index contributed by atoms with van der Waals surface area (Å²) >= 11 is 0. The normalized spacial score (nSPS) is 16.5. The fraction of sp³-hybridized carbons (Fsp3) is 0.238. The molecule has 0 saturated heterocycles. The quantitative estimate of drug-likeness (QED) is 0.770. The number of ether oxygens (including phenoxy) is 2. The van der Waals surface area contributed by atoms with Gasteiger partial charge in [-0.05, 0) is 22.9 Å². The number of nitrogens with one attached hydrogen (secondary N) is 1. The average molecular weight is 319 g/mol. The highest BCUT2D eigenvalue weighted by Crippen LogP contribution is 2.33. The highest BCUT2D eigenvalue weighted by atomic mass is 16.5. The van der Waals surface area contributed by atoms with Crippen molar-refractivity contribution in [1.82, 2.24) is 5.32 Å². The minimum absolute atomic E-state index is 0.304. The molecule has 0 aliphatic carbocycles. The fourth-order valence-corrected chi connectivity index (χ4v) is 3.47. The molecule has 1 atom stereocenters. The van der Waals surface area contributed by atoms with Crippen molar-refractivity contribution in [2.24, 2.45) is 0 Å². The van der Waals surface area contributed by atoms with Gasteiger partial charge in [-0.3, -0.25) is 0 Å². The van der Waals surface area contributed by atoms with Crippen molar-refractivity contribution in [2.75, 3.05) is 13.7 Å². The van der Waals surface area contributed by atoms with Crippen molar-refractivity contribution in [3.63, 3.8) is 0 Å². The monoisotopic (exact) mass is 319 g/mol. The van der Waals surface area contributed by atoms with Crippen LogP contribution in [0.15, 0.2) is 60.7 Å². The molecule has 3 nitrogen and oxygen atoms in total. The number of methoxy groups -OCH3 is 1. The van der Waals surface area contributed by atoms with Crippen LogP contribution in [0.4, 0.5) is 0 Å². The highest BCUT2D eigenvalue weighted by molar-refractivity contribution is 5.87. The van der Waals surface area contributed by atoms with E-state index in [2.05, 4.69) is 53.8 Å². The SMILES string of the molecule is COc1ccc2ccccc2c1CN[C@@H]1CCOc2ccccc21. The maximum atomic E-state index is 5.76. The molecule has 3 aromatic carbocycles. The molecule has 0 aromatic heterocycles. The van der Waals surface area contributed by atoms with Crippen molar-refractivity contribution in [3.8, 4) is 11.5 Å². The largest absolute Gasteiger partial charge is 0.496 e. The summed E-state index contributed by atoms with van der Waals surface area (Å²) in [5, 5.41) is 6.18. The van der Waals surface area contributed by atoms with Crippen LogP contribution >= 0.6 is 0 Å².